The SMILES string of the molecule is N#Cc1cc(-c2ccc([N+](=O)[O-])s2)nc(Cl)c1C#N. The van der Waals surface area contributed by atoms with Gasteiger partial charge in [-0.15, -0.1) is 0 Å². The van der Waals surface area contributed by atoms with Gasteiger partial charge in [-0.25, -0.2) is 4.98 Å². The minimum absolute atomic E-state index is 0.000951. The fourth-order valence-corrected chi connectivity index (χ4v) is 2.41. The molecule has 0 aromatic carbocycles. The van der Waals surface area contributed by atoms with Gasteiger partial charge in [-0.2, -0.15) is 10.5 Å². The first kappa shape index (κ1) is 13.0. The van der Waals surface area contributed by atoms with Crippen molar-refractivity contribution >= 4 is 27.9 Å². The average Bonchev–Trinajstić information content (AvgIpc) is 2.87. The molecule has 0 saturated carbocycles. The summed E-state index contributed by atoms with van der Waals surface area (Å²) < 4.78 is 0. The highest BCUT2D eigenvalue weighted by atomic mass is 35.5. The number of aromatic nitrogens is 1. The normalized spacial score (nSPS) is 9.63. The fourth-order valence-electron chi connectivity index (χ4n) is 1.40. The number of thiophene rings is 1. The van der Waals surface area contributed by atoms with Gasteiger partial charge in [0.15, 0.2) is 0 Å². The molecule has 92 valence electrons. The van der Waals surface area contributed by atoms with Crippen molar-refractivity contribution in [2.45, 2.75) is 0 Å². The molecule has 0 fully saturated rings. The summed E-state index contributed by atoms with van der Waals surface area (Å²) in [5.74, 6) is 0. The van der Waals surface area contributed by atoms with Crippen LogP contribution in [0.4, 0.5) is 5.00 Å². The van der Waals surface area contributed by atoms with Crippen molar-refractivity contribution < 1.29 is 4.92 Å². The molecule has 6 nitrogen and oxygen atoms in total. The number of halogens is 1. The number of pyridine rings is 1. The molecule has 0 unspecified atom stereocenters. The van der Waals surface area contributed by atoms with Crippen LogP contribution in [0.2, 0.25) is 5.15 Å². The third-order valence-electron chi connectivity index (χ3n) is 2.23. The maximum Gasteiger partial charge on any atom is 0.324 e. The lowest BCUT2D eigenvalue weighted by Crippen LogP contribution is -1.91. The number of nitrogens with zero attached hydrogens (tertiary/aromatic N) is 4. The van der Waals surface area contributed by atoms with E-state index in [2.05, 4.69) is 4.98 Å². The quantitative estimate of drug-likeness (QED) is 0.480. The Morgan fingerprint density at radius 2 is 2.11 bits per heavy atom. The molecule has 2 rings (SSSR count). The van der Waals surface area contributed by atoms with Gasteiger partial charge in [0.2, 0.25) is 0 Å². The molecule has 0 aliphatic rings. The largest absolute Gasteiger partial charge is 0.324 e. The molecule has 0 bridgehead atoms. The zero-order valence-electron chi connectivity index (χ0n) is 9.12. The third-order valence-corrected chi connectivity index (χ3v) is 3.56. The highest BCUT2D eigenvalue weighted by Crippen LogP contribution is 2.33. The van der Waals surface area contributed by atoms with Crippen LogP contribution in [-0.2, 0) is 0 Å². The molecule has 0 spiro atoms. The van der Waals surface area contributed by atoms with E-state index in [0.29, 0.717) is 10.6 Å². The van der Waals surface area contributed by atoms with Gasteiger partial charge in [0, 0.05) is 6.07 Å². The van der Waals surface area contributed by atoms with Gasteiger partial charge in [0.05, 0.1) is 21.1 Å². The molecule has 19 heavy (non-hydrogen) atoms. The summed E-state index contributed by atoms with van der Waals surface area (Å²) in [6.07, 6.45) is 0. The standard InChI is InChI=1S/C11H3ClN4O2S/c12-11-7(5-14)6(4-13)3-8(15-11)9-1-2-10(19-9)16(17)18/h1-3H. The Hall–Kier alpha value is -2.48. The summed E-state index contributed by atoms with van der Waals surface area (Å²) in [5, 5.41) is 28.3. The first-order valence-corrected chi connectivity index (χ1v) is 6.01. The molecule has 0 radical (unpaired) electrons. The van der Waals surface area contributed by atoms with Crippen LogP contribution in [0.25, 0.3) is 10.6 Å². The smallest absolute Gasteiger partial charge is 0.258 e. The summed E-state index contributed by atoms with van der Waals surface area (Å²) in [7, 11) is 0. The van der Waals surface area contributed by atoms with Gasteiger partial charge in [0.25, 0.3) is 0 Å². The second-order valence-corrected chi connectivity index (χ2v) is 4.76. The van der Waals surface area contributed by atoms with Crippen LogP contribution in [0.3, 0.4) is 0 Å². The van der Waals surface area contributed by atoms with E-state index in [4.69, 9.17) is 22.1 Å². The molecule has 0 atom stereocenters. The van der Waals surface area contributed by atoms with Crippen LogP contribution in [0.15, 0.2) is 18.2 Å². The van der Waals surface area contributed by atoms with Gasteiger partial charge in [-0.3, -0.25) is 10.1 Å². The Balaban J connectivity index is 2.58. The second-order valence-electron chi connectivity index (χ2n) is 3.34. The van der Waals surface area contributed by atoms with E-state index in [9.17, 15) is 10.1 Å². The monoisotopic (exact) mass is 290 g/mol. The molecule has 0 N–H and O–H groups in total. The highest BCUT2D eigenvalue weighted by molar-refractivity contribution is 7.18. The Labute approximate surface area is 116 Å². The van der Waals surface area contributed by atoms with Gasteiger partial charge < -0.3 is 0 Å². The molecular formula is C11H3ClN4O2S. The topological polar surface area (TPSA) is 104 Å². The minimum atomic E-state index is -0.509. The number of hydrogen-bond acceptors (Lipinski definition) is 6. The van der Waals surface area contributed by atoms with Crippen molar-refractivity contribution in [3.8, 4) is 22.7 Å². The Morgan fingerprint density at radius 1 is 1.37 bits per heavy atom. The highest BCUT2D eigenvalue weighted by Gasteiger charge is 2.16. The maximum absolute atomic E-state index is 10.6. The number of nitro groups is 1. The zero-order valence-corrected chi connectivity index (χ0v) is 10.7. The van der Waals surface area contributed by atoms with Crippen LogP contribution < -0.4 is 0 Å². The van der Waals surface area contributed by atoms with Crippen LogP contribution in [0.1, 0.15) is 11.1 Å². The summed E-state index contributed by atoms with van der Waals surface area (Å²) in [4.78, 5) is 14.6. The van der Waals surface area contributed by atoms with E-state index < -0.39 is 4.92 Å². The summed E-state index contributed by atoms with van der Waals surface area (Å²) in [5.41, 5.74) is 0.422. The van der Waals surface area contributed by atoms with Gasteiger partial charge in [-0.05, 0) is 12.1 Å². The predicted octanol–water partition coefficient (Wildman–Crippen LogP) is 3.12. The van der Waals surface area contributed by atoms with E-state index in [0.717, 1.165) is 11.3 Å². The Kier molecular flexibility index (Phi) is 3.43. The molecule has 8 heteroatoms. The van der Waals surface area contributed by atoms with Crippen molar-refractivity contribution in [3.63, 3.8) is 0 Å². The van der Waals surface area contributed by atoms with Crippen LogP contribution in [0, 0.1) is 32.8 Å². The third kappa shape index (κ3) is 2.38. The van der Waals surface area contributed by atoms with Crippen molar-refractivity contribution in [3.05, 3.63) is 44.6 Å². The number of nitriles is 2. The number of hydrogen-bond donors (Lipinski definition) is 0. The van der Waals surface area contributed by atoms with Gasteiger partial charge in [0.1, 0.15) is 22.9 Å². The molecule has 0 amide bonds. The minimum Gasteiger partial charge on any atom is -0.258 e. The van der Waals surface area contributed by atoms with E-state index in [1.807, 2.05) is 6.07 Å². The van der Waals surface area contributed by atoms with E-state index in [-0.39, 0.29) is 21.3 Å². The maximum atomic E-state index is 10.6. The summed E-state index contributed by atoms with van der Waals surface area (Å²) in [6.45, 7) is 0. The predicted molar refractivity (Wildman–Crippen MR) is 68.6 cm³/mol. The molecule has 0 aliphatic carbocycles. The lowest BCUT2D eigenvalue weighted by Gasteiger charge is -2.01. The van der Waals surface area contributed by atoms with Crippen molar-refractivity contribution in [2.24, 2.45) is 0 Å². The van der Waals surface area contributed by atoms with Crippen molar-refractivity contribution in [1.82, 2.24) is 4.98 Å². The molecule has 0 saturated heterocycles. The lowest BCUT2D eigenvalue weighted by molar-refractivity contribution is -0.380. The van der Waals surface area contributed by atoms with Crippen LogP contribution in [0.5, 0.6) is 0 Å². The van der Waals surface area contributed by atoms with E-state index in [1.165, 1.54) is 18.2 Å². The fraction of sp³-hybridized carbons (Fsp3) is 0. The molecular weight excluding hydrogens is 288 g/mol. The van der Waals surface area contributed by atoms with Gasteiger partial charge >= 0.3 is 5.00 Å². The first-order valence-electron chi connectivity index (χ1n) is 4.82. The van der Waals surface area contributed by atoms with E-state index in [1.54, 1.807) is 6.07 Å². The Bertz CT molecular complexity index is 757. The molecule has 0 aliphatic heterocycles. The average molecular weight is 291 g/mol. The first-order chi connectivity index (χ1) is 9.06. The molecule has 2 heterocycles. The molecule has 2 aromatic rings. The number of rotatable bonds is 2. The van der Waals surface area contributed by atoms with Crippen molar-refractivity contribution in [2.75, 3.05) is 0 Å². The van der Waals surface area contributed by atoms with Gasteiger partial charge in [-0.1, -0.05) is 22.9 Å². The second kappa shape index (κ2) is 5.02. The zero-order chi connectivity index (χ0) is 14.0. The van der Waals surface area contributed by atoms with E-state index >= 15 is 0 Å². The molecule has 2 aromatic heterocycles. The summed E-state index contributed by atoms with van der Waals surface area (Å²) in [6, 6.07) is 7.90. The Morgan fingerprint density at radius 3 is 2.63 bits per heavy atom. The summed E-state index contributed by atoms with van der Waals surface area (Å²) >= 11 is 6.74. The van der Waals surface area contributed by atoms with Crippen LogP contribution >= 0.6 is 22.9 Å². The lowest BCUT2D eigenvalue weighted by atomic mass is 10.1. The van der Waals surface area contributed by atoms with Crippen LogP contribution in [-0.4, -0.2) is 9.91 Å². The van der Waals surface area contributed by atoms with Crippen molar-refractivity contribution in [1.29, 1.82) is 10.5 Å².